The van der Waals surface area contributed by atoms with Gasteiger partial charge in [-0.1, -0.05) is 0 Å². The monoisotopic (exact) mass is 347 g/mol. The van der Waals surface area contributed by atoms with Crippen molar-refractivity contribution in [3.05, 3.63) is 5.21 Å². The van der Waals surface area contributed by atoms with E-state index in [-0.39, 0.29) is 31.1 Å². The van der Waals surface area contributed by atoms with Gasteiger partial charge < -0.3 is 5.21 Å². The van der Waals surface area contributed by atoms with Gasteiger partial charge in [0, 0.05) is 36.1 Å². The molecule has 0 saturated carbocycles. The summed E-state index contributed by atoms with van der Waals surface area (Å²) in [5.41, 5.74) is 0. The third-order valence-electron chi connectivity index (χ3n) is 0.318. The molecular formula is C2H7NO4U. The largest absolute Gasteiger partial charge is 0.563 e. The molecule has 0 aromatic rings. The van der Waals surface area contributed by atoms with Crippen LogP contribution in [-0.2, 0) is 14.7 Å². The zero-order chi connectivity index (χ0) is 5.70. The minimum absolute atomic E-state index is 0. The molecule has 0 aliphatic rings. The molecule has 5 nitrogen and oxygen atoms in total. The van der Waals surface area contributed by atoms with E-state index in [0.29, 0.717) is 0 Å². The average Bonchev–Trinajstić information content (AvgIpc) is 1.68. The van der Waals surface area contributed by atoms with Crippen molar-refractivity contribution in [2.75, 3.05) is 14.2 Å². The first kappa shape index (κ1) is 11.6. The van der Waals surface area contributed by atoms with Crippen molar-refractivity contribution in [1.82, 2.24) is 0 Å². The molecule has 0 amide bonds. The van der Waals surface area contributed by atoms with Crippen molar-refractivity contribution < 1.29 is 51.2 Å². The maximum atomic E-state index is 9.84. The molecule has 0 bridgehead atoms. The predicted octanol–water partition coefficient (Wildman–Crippen LogP) is -1.58. The Bertz CT molecular complexity index is 45.0. The van der Waals surface area contributed by atoms with Crippen molar-refractivity contribution in [2.24, 2.45) is 0 Å². The smallest absolute Gasteiger partial charge is 0.100 e. The zero-order valence-electron chi connectivity index (χ0n) is 4.63. The minimum Gasteiger partial charge on any atom is -0.563 e. The fourth-order valence-electron chi connectivity index (χ4n) is 0.102. The van der Waals surface area contributed by atoms with E-state index >= 15 is 0 Å². The van der Waals surface area contributed by atoms with Crippen LogP contribution in [0, 0.1) is 36.3 Å². The Morgan fingerprint density at radius 1 is 1.38 bits per heavy atom. The molecule has 0 saturated heterocycles. The van der Waals surface area contributed by atoms with E-state index in [2.05, 4.69) is 14.7 Å². The van der Waals surface area contributed by atoms with Gasteiger partial charge in [0.2, 0.25) is 0 Å². The number of hydrogen-bond acceptors (Lipinski definition) is 4. The standard InChI is InChI=1S/C2H7NO4.U/c1-5-3(4)7-6-2;/h3H,1-2H3;. The van der Waals surface area contributed by atoms with Crippen molar-refractivity contribution in [3.63, 3.8) is 0 Å². The van der Waals surface area contributed by atoms with Gasteiger partial charge in [0.05, 0.1) is 7.11 Å². The number of rotatable bonds is 3. The summed E-state index contributed by atoms with van der Waals surface area (Å²) in [5, 5.41) is 9.00. The molecule has 1 N–H and O–H groups in total. The summed E-state index contributed by atoms with van der Waals surface area (Å²) >= 11 is 0. The van der Waals surface area contributed by atoms with Crippen LogP contribution in [0.2, 0.25) is 0 Å². The number of quaternary nitrogens is 1. The van der Waals surface area contributed by atoms with Crippen LogP contribution in [0.5, 0.6) is 0 Å². The van der Waals surface area contributed by atoms with E-state index < -0.39 is 5.39 Å². The summed E-state index contributed by atoms with van der Waals surface area (Å²) in [7, 11) is 2.41. The molecule has 0 radical (unpaired) electrons. The van der Waals surface area contributed by atoms with Gasteiger partial charge in [-0.3, -0.25) is 0 Å². The minimum atomic E-state index is -0.845. The maximum Gasteiger partial charge on any atom is 0.100 e. The molecule has 0 spiro atoms. The summed E-state index contributed by atoms with van der Waals surface area (Å²) < 4.78 is 0. The van der Waals surface area contributed by atoms with Crippen LogP contribution in [0.1, 0.15) is 0 Å². The molecule has 1 unspecified atom stereocenters. The van der Waals surface area contributed by atoms with E-state index in [1.807, 2.05) is 0 Å². The van der Waals surface area contributed by atoms with E-state index in [9.17, 15) is 5.21 Å². The Kier molecular flexibility index (Phi) is 11.4. The van der Waals surface area contributed by atoms with Crippen LogP contribution >= 0.6 is 0 Å². The second-order valence-electron chi connectivity index (χ2n) is 0.704. The average molecular weight is 347 g/mol. The molecule has 0 aliphatic heterocycles. The van der Waals surface area contributed by atoms with Crippen LogP contribution < -0.4 is 5.39 Å². The molecule has 0 rings (SSSR count). The fourth-order valence-corrected chi connectivity index (χ4v) is 0.102. The van der Waals surface area contributed by atoms with Gasteiger partial charge in [0.15, 0.2) is 0 Å². The topological polar surface area (TPSA) is 55.2 Å². The normalized spacial score (nSPS) is 12.4. The first-order valence-electron chi connectivity index (χ1n) is 1.60. The predicted molar refractivity (Wildman–Crippen MR) is 19.4 cm³/mol. The molecule has 48 valence electrons. The van der Waals surface area contributed by atoms with Gasteiger partial charge in [0.25, 0.3) is 0 Å². The van der Waals surface area contributed by atoms with Gasteiger partial charge in [-0.15, -0.1) is 0 Å². The zero-order valence-corrected chi connectivity index (χ0v) is 8.80. The van der Waals surface area contributed by atoms with Gasteiger partial charge in [-0.2, -0.15) is 9.73 Å². The Morgan fingerprint density at radius 3 is 2.00 bits per heavy atom. The summed E-state index contributed by atoms with van der Waals surface area (Å²) in [6.07, 6.45) is 0. The molecule has 0 heterocycles. The molecule has 0 aliphatic carbocycles. The van der Waals surface area contributed by atoms with Crippen LogP contribution in [0.25, 0.3) is 0 Å². The maximum absolute atomic E-state index is 9.84. The first-order valence-corrected chi connectivity index (χ1v) is 1.60. The Balaban J connectivity index is 0. The second kappa shape index (κ2) is 7.85. The van der Waals surface area contributed by atoms with Crippen molar-refractivity contribution in [1.29, 1.82) is 0 Å². The molecule has 8 heavy (non-hydrogen) atoms. The summed E-state index contributed by atoms with van der Waals surface area (Å²) in [6, 6.07) is 0. The summed E-state index contributed by atoms with van der Waals surface area (Å²) in [5.74, 6) is 0. The molecular weight excluding hydrogens is 340 g/mol. The van der Waals surface area contributed by atoms with Gasteiger partial charge in [-0.05, 0) is 5.39 Å². The number of hydrogen-bond donors (Lipinski definition) is 1. The molecule has 6 heteroatoms. The van der Waals surface area contributed by atoms with Crippen LogP contribution in [-0.4, -0.2) is 14.2 Å². The first-order chi connectivity index (χ1) is 3.31. The van der Waals surface area contributed by atoms with Crippen LogP contribution in [0.15, 0.2) is 0 Å². The Morgan fingerprint density at radius 2 is 1.88 bits per heavy atom. The Hall–Kier alpha value is 0.852. The van der Waals surface area contributed by atoms with E-state index in [1.54, 1.807) is 0 Å². The molecule has 0 aromatic carbocycles. The van der Waals surface area contributed by atoms with E-state index in [1.165, 1.54) is 14.2 Å². The van der Waals surface area contributed by atoms with Crippen molar-refractivity contribution >= 4 is 0 Å². The van der Waals surface area contributed by atoms with Gasteiger partial charge in [0.1, 0.15) is 7.11 Å². The molecule has 1 atom stereocenters. The van der Waals surface area contributed by atoms with Crippen LogP contribution in [0.3, 0.4) is 0 Å². The summed E-state index contributed by atoms with van der Waals surface area (Å²) in [4.78, 5) is 11.8. The van der Waals surface area contributed by atoms with Crippen molar-refractivity contribution in [3.8, 4) is 0 Å². The van der Waals surface area contributed by atoms with Crippen LogP contribution in [0.4, 0.5) is 0 Å². The quantitative estimate of drug-likeness (QED) is 0.495. The number of nitrogens with one attached hydrogen (secondary N) is 1. The second-order valence-corrected chi connectivity index (χ2v) is 0.704. The SMILES string of the molecule is COO[NH+]([O-])OC.[U]. The fraction of sp³-hybridized carbons (Fsp3) is 1.00. The Labute approximate surface area is 70.7 Å². The molecule has 0 fully saturated rings. The summed E-state index contributed by atoms with van der Waals surface area (Å²) in [6.45, 7) is 0. The molecule has 0 aromatic heterocycles. The van der Waals surface area contributed by atoms with E-state index in [4.69, 9.17) is 0 Å². The van der Waals surface area contributed by atoms with Crippen molar-refractivity contribution in [2.45, 2.75) is 0 Å². The third kappa shape index (κ3) is 6.85. The van der Waals surface area contributed by atoms with Gasteiger partial charge >= 0.3 is 0 Å². The van der Waals surface area contributed by atoms with E-state index in [0.717, 1.165) is 0 Å². The third-order valence-corrected chi connectivity index (χ3v) is 0.318. The van der Waals surface area contributed by atoms with Gasteiger partial charge in [-0.25, -0.2) is 0 Å².